The minimum atomic E-state index is -3.68. The summed E-state index contributed by atoms with van der Waals surface area (Å²) in [5, 5.41) is 3.49. The van der Waals surface area contributed by atoms with E-state index in [2.05, 4.69) is 5.32 Å². The quantitative estimate of drug-likeness (QED) is 0.693. The van der Waals surface area contributed by atoms with E-state index < -0.39 is 9.84 Å². The van der Waals surface area contributed by atoms with Crippen LogP contribution in [-0.4, -0.2) is 38.1 Å². The lowest BCUT2D eigenvalue weighted by atomic mass is 10.2. The van der Waals surface area contributed by atoms with Crippen molar-refractivity contribution >= 4 is 26.6 Å². The number of benzene rings is 2. The van der Waals surface area contributed by atoms with Gasteiger partial charge in [-0.05, 0) is 31.0 Å². The lowest BCUT2D eigenvalue weighted by Gasteiger charge is -2.11. The fourth-order valence-corrected chi connectivity index (χ4v) is 5.03. The molecule has 7 heteroatoms. The highest BCUT2D eigenvalue weighted by Crippen LogP contribution is 2.30. The van der Waals surface area contributed by atoms with Crippen LogP contribution in [0, 0.1) is 0 Å². The fraction of sp³-hybridized carbons (Fsp3) is 0.286. The van der Waals surface area contributed by atoms with Gasteiger partial charge in [-0.2, -0.15) is 0 Å². The molecule has 0 radical (unpaired) electrons. The van der Waals surface area contributed by atoms with Gasteiger partial charge in [0.25, 0.3) is 0 Å². The van der Waals surface area contributed by atoms with Crippen LogP contribution in [0.2, 0.25) is 0 Å². The molecule has 6 nitrogen and oxygen atoms in total. The summed E-state index contributed by atoms with van der Waals surface area (Å²) in [4.78, 5) is 12.9. The van der Waals surface area contributed by atoms with Crippen molar-refractivity contribution in [3.63, 3.8) is 0 Å². The summed E-state index contributed by atoms with van der Waals surface area (Å²) in [6.45, 7) is 1.27. The molecule has 1 aromatic heterocycles. The molecule has 1 fully saturated rings. The Hall–Kier alpha value is -2.64. The van der Waals surface area contributed by atoms with Gasteiger partial charge < -0.3 is 14.6 Å². The van der Waals surface area contributed by atoms with Gasteiger partial charge in [0.15, 0.2) is 0 Å². The van der Waals surface area contributed by atoms with Crippen LogP contribution in [0.3, 0.4) is 0 Å². The average molecular weight is 398 g/mol. The Bertz CT molecular complexity index is 1080. The Labute approximate surface area is 164 Å². The largest absolute Gasteiger partial charge is 0.376 e. The number of hydrogen-bond acceptors (Lipinski definition) is 4. The van der Waals surface area contributed by atoms with E-state index in [0.29, 0.717) is 17.4 Å². The van der Waals surface area contributed by atoms with Crippen molar-refractivity contribution in [3.8, 4) is 0 Å². The number of rotatable bonds is 6. The topological polar surface area (TPSA) is 77.4 Å². The van der Waals surface area contributed by atoms with E-state index in [-0.39, 0.29) is 28.3 Å². The van der Waals surface area contributed by atoms with Crippen LogP contribution in [0.15, 0.2) is 70.6 Å². The van der Waals surface area contributed by atoms with Crippen LogP contribution in [0.5, 0.6) is 0 Å². The lowest BCUT2D eigenvalue weighted by molar-refractivity contribution is -0.122. The van der Waals surface area contributed by atoms with Crippen molar-refractivity contribution in [1.82, 2.24) is 9.88 Å². The van der Waals surface area contributed by atoms with Crippen LogP contribution in [0.4, 0.5) is 0 Å². The minimum Gasteiger partial charge on any atom is -0.376 e. The van der Waals surface area contributed by atoms with Crippen LogP contribution in [0.25, 0.3) is 10.9 Å². The van der Waals surface area contributed by atoms with Gasteiger partial charge in [0.05, 0.1) is 15.9 Å². The molecule has 1 aliphatic heterocycles. The van der Waals surface area contributed by atoms with Crippen molar-refractivity contribution in [2.75, 3.05) is 13.2 Å². The van der Waals surface area contributed by atoms with Gasteiger partial charge in [0.2, 0.25) is 15.7 Å². The minimum absolute atomic E-state index is 0.0531. The molecule has 2 heterocycles. The van der Waals surface area contributed by atoms with Crippen molar-refractivity contribution in [2.45, 2.75) is 35.3 Å². The van der Waals surface area contributed by atoms with Gasteiger partial charge in [-0.1, -0.05) is 36.4 Å². The monoisotopic (exact) mass is 398 g/mol. The Balaban J connectivity index is 1.62. The molecular formula is C21H22N2O4S. The number of para-hydroxylation sites is 1. The summed E-state index contributed by atoms with van der Waals surface area (Å²) in [6.07, 6.45) is 3.59. The molecule has 4 rings (SSSR count). The van der Waals surface area contributed by atoms with E-state index in [1.54, 1.807) is 53.2 Å². The first kappa shape index (κ1) is 18.7. The molecule has 1 amide bonds. The molecule has 0 saturated carbocycles. The maximum Gasteiger partial charge on any atom is 0.240 e. The summed E-state index contributed by atoms with van der Waals surface area (Å²) in [6, 6.07) is 15.6. The molecule has 2 aromatic carbocycles. The zero-order chi connectivity index (χ0) is 19.6. The van der Waals surface area contributed by atoms with Crippen LogP contribution in [0.1, 0.15) is 12.8 Å². The van der Waals surface area contributed by atoms with Crippen LogP contribution in [-0.2, 0) is 25.9 Å². The van der Waals surface area contributed by atoms with Gasteiger partial charge >= 0.3 is 0 Å². The average Bonchev–Trinajstić information content (AvgIpc) is 3.36. The first-order valence-corrected chi connectivity index (χ1v) is 10.8. The van der Waals surface area contributed by atoms with E-state index in [4.69, 9.17) is 4.74 Å². The predicted molar refractivity (Wildman–Crippen MR) is 106 cm³/mol. The molecule has 1 N–H and O–H groups in total. The first-order valence-electron chi connectivity index (χ1n) is 9.32. The van der Waals surface area contributed by atoms with Gasteiger partial charge in [-0.3, -0.25) is 4.79 Å². The van der Waals surface area contributed by atoms with Crippen molar-refractivity contribution in [1.29, 1.82) is 0 Å². The zero-order valence-electron chi connectivity index (χ0n) is 15.4. The first-order chi connectivity index (χ1) is 13.6. The molecule has 1 atom stereocenters. The van der Waals surface area contributed by atoms with E-state index >= 15 is 0 Å². The van der Waals surface area contributed by atoms with Crippen molar-refractivity contribution < 1.29 is 17.9 Å². The number of aromatic nitrogens is 1. The number of amides is 1. The molecule has 28 heavy (non-hydrogen) atoms. The normalized spacial score (nSPS) is 17.1. The molecular weight excluding hydrogens is 376 g/mol. The number of nitrogens with one attached hydrogen (secondary N) is 1. The maximum absolute atomic E-state index is 13.1. The van der Waals surface area contributed by atoms with Gasteiger partial charge in [-0.25, -0.2) is 8.42 Å². The number of ether oxygens (including phenoxy) is 1. The highest BCUT2D eigenvalue weighted by atomic mass is 32.2. The third kappa shape index (κ3) is 3.68. The molecule has 3 aromatic rings. The maximum atomic E-state index is 13.1. The van der Waals surface area contributed by atoms with Crippen molar-refractivity contribution in [3.05, 3.63) is 60.8 Å². The molecule has 146 valence electrons. The molecule has 0 bridgehead atoms. The summed E-state index contributed by atoms with van der Waals surface area (Å²) in [5.74, 6) is -0.167. The Morgan fingerprint density at radius 1 is 1.11 bits per heavy atom. The number of sulfone groups is 1. The third-order valence-corrected chi connectivity index (χ3v) is 6.76. The molecule has 1 aliphatic rings. The smallest absolute Gasteiger partial charge is 0.240 e. The van der Waals surface area contributed by atoms with E-state index in [1.165, 1.54) is 0 Å². The van der Waals surface area contributed by atoms with Crippen LogP contribution >= 0.6 is 0 Å². The van der Waals surface area contributed by atoms with E-state index in [9.17, 15) is 13.2 Å². The van der Waals surface area contributed by atoms with E-state index in [1.807, 2.05) is 12.1 Å². The molecule has 0 spiro atoms. The fourth-order valence-electron chi connectivity index (χ4n) is 3.53. The third-order valence-electron chi connectivity index (χ3n) is 4.96. The van der Waals surface area contributed by atoms with Crippen molar-refractivity contribution in [2.24, 2.45) is 0 Å². The zero-order valence-corrected chi connectivity index (χ0v) is 16.2. The highest BCUT2D eigenvalue weighted by Gasteiger charge is 2.24. The summed E-state index contributed by atoms with van der Waals surface area (Å²) >= 11 is 0. The Morgan fingerprint density at radius 3 is 2.61 bits per heavy atom. The van der Waals surface area contributed by atoms with Gasteiger partial charge in [0, 0.05) is 30.3 Å². The number of fused-ring (bicyclic) bond motifs is 1. The summed E-state index contributed by atoms with van der Waals surface area (Å²) < 4.78 is 33.4. The van der Waals surface area contributed by atoms with Gasteiger partial charge in [0.1, 0.15) is 6.54 Å². The molecule has 0 unspecified atom stereocenters. The Kier molecular flexibility index (Phi) is 5.19. The second-order valence-corrected chi connectivity index (χ2v) is 8.81. The number of hydrogen-bond donors (Lipinski definition) is 1. The predicted octanol–water partition coefficient (Wildman–Crippen LogP) is 2.77. The van der Waals surface area contributed by atoms with Gasteiger partial charge in [-0.15, -0.1) is 0 Å². The lowest BCUT2D eigenvalue weighted by Crippen LogP contribution is -2.34. The summed E-state index contributed by atoms with van der Waals surface area (Å²) in [5.41, 5.74) is 0.712. The molecule has 1 saturated heterocycles. The second kappa shape index (κ2) is 7.77. The van der Waals surface area contributed by atoms with Crippen LogP contribution < -0.4 is 5.32 Å². The highest BCUT2D eigenvalue weighted by molar-refractivity contribution is 7.91. The van der Waals surface area contributed by atoms with E-state index in [0.717, 1.165) is 19.4 Å². The summed E-state index contributed by atoms with van der Waals surface area (Å²) in [7, 11) is -3.68. The SMILES string of the molecule is O=C(Cn1cc(S(=O)(=O)c2ccccc2)c2ccccc21)NC[C@H]1CCCO1. The second-order valence-electron chi connectivity index (χ2n) is 6.89. The Morgan fingerprint density at radius 2 is 1.86 bits per heavy atom. The number of carbonyl (C=O) groups is 1. The standard InChI is InChI=1S/C21H22N2O4S/c24-21(22-13-16-7-6-12-27-16)15-23-14-20(18-10-4-5-11-19(18)23)28(25,26)17-8-2-1-3-9-17/h1-5,8-11,14,16H,6-7,12-13,15H2,(H,22,24)/t16-/m1/s1. The number of nitrogens with zero attached hydrogens (tertiary/aromatic N) is 1. The number of carbonyl (C=O) groups excluding carboxylic acids is 1. The molecule has 0 aliphatic carbocycles.